The van der Waals surface area contributed by atoms with Crippen LogP contribution in [0.1, 0.15) is 305 Å². The maximum Gasteiger partial charge on any atom is 0.306 e. The van der Waals surface area contributed by atoms with Crippen LogP contribution >= 0.6 is 11.8 Å². The maximum atomic E-state index is 14.3. The van der Waals surface area contributed by atoms with Crippen molar-refractivity contribution in [1.82, 2.24) is 16.0 Å². The number of thioether (sulfide) groups is 1. The van der Waals surface area contributed by atoms with E-state index in [2.05, 4.69) is 41.5 Å². The first-order valence-corrected chi connectivity index (χ1v) is 34.6. The van der Waals surface area contributed by atoms with Gasteiger partial charge in [-0.2, -0.15) is 0 Å². The molecule has 0 bridgehead atoms. The Morgan fingerprint density at radius 3 is 1.42 bits per heavy atom. The van der Waals surface area contributed by atoms with Gasteiger partial charge in [0.15, 0.2) is 5.12 Å². The highest BCUT2D eigenvalue weighted by atomic mass is 32.2. The Balaban J connectivity index is 3.22. The van der Waals surface area contributed by atoms with Crippen LogP contribution in [0, 0.1) is 0 Å². The van der Waals surface area contributed by atoms with Crippen LogP contribution in [0.5, 0.6) is 0 Å². The van der Waals surface area contributed by atoms with E-state index in [1.807, 2.05) is 0 Å². The largest absolute Gasteiger partial charge is 0.469 e. The normalized spacial score (nSPS) is 18.1. The number of ether oxygens (including phenoxy) is 5. The summed E-state index contributed by atoms with van der Waals surface area (Å²) in [5.74, 6) is -4.51. The molecule has 0 spiro atoms. The Morgan fingerprint density at radius 2 is 0.988 bits per heavy atom. The van der Waals surface area contributed by atoms with Crippen molar-refractivity contribution in [3.63, 3.8) is 0 Å². The Kier molecular flexibility index (Phi) is 48.6. The van der Waals surface area contributed by atoms with Crippen LogP contribution < -0.4 is 21.7 Å². The van der Waals surface area contributed by atoms with E-state index in [-0.39, 0.29) is 38.1 Å². The minimum atomic E-state index is -1.61. The van der Waals surface area contributed by atoms with Crippen molar-refractivity contribution in [1.29, 1.82) is 0 Å². The molecule has 1 saturated heterocycles. The van der Waals surface area contributed by atoms with Gasteiger partial charge in [-0.3, -0.25) is 38.4 Å². The third-order valence-corrected chi connectivity index (χ3v) is 17.1. The third-order valence-electron chi connectivity index (χ3n) is 16.0. The van der Waals surface area contributed by atoms with Gasteiger partial charge in [0.25, 0.3) is 0 Å². The lowest BCUT2D eigenvalue weighted by atomic mass is 9.97. The molecule has 85 heavy (non-hydrogen) atoms. The zero-order valence-electron chi connectivity index (χ0n) is 54.1. The average molecular weight is 1230 g/mol. The molecule has 0 aliphatic carbocycles. The second-order valence-electron chi connectivity index (χ2n) is 23.9. The first kappa shape index (κ1) is 79.2. The number of aliphatic hydroxyl groups is 1. The fourth-order valence-corrected chi connectivity index (χ4v) is 11.8. The Morgan fingerprint density at radius 1 is 0.553 bits per heavy atom. The average Bonchev–Trinajstić information content (AvgIpc) is 2.36. The number of unbranched alkanes of at least 4 members (excludes halogenated alkanes) is 32. The van der Waals surface area contributed by atoms with Crippen molar-refractivity contribution in [2.45, 2.75) is 359 Å². The Labute approximate surface area is 517 Å². The van der Waals surface area contributed by atoms with Crippen molar-refractivity contribution < 1.29 is 67.1 Å². The molecule has 1 heterocycles. The molecule has 1 fully saturated rings. The quantitative estimate of drug-likeness (QED) is 0.0215. The number of carbonyl (C=O) groups is 8. The molecule has 0 unspecified atom stereocenters. The summed E-state index contributed by atoms with van der Waals surface area (Å²) in [4.78, 5) is 105. The first-order chi connectivity index (χ1) is 41.0. The molecule has 1 rings (SSSR count). The number of carbonyl (C=O) groups excluding carboxylic acids is 8. The molecular weight excluding hydrogens is 1100 g/mol. The number of hydrogen-bond donors (Lipinski definition) is 5. The van der Waals surface area contributed by atoms with Crippen molar-refractivity contribution >= 4 is 58.4 Å². The van der Waals surface area contributed by atoms with E-state index in [0.717, 1.165) is 76.0 Å². The van der Waals surface area contributed by atoms with Crippen LogP contribution in [0.4, 0.5) is 0 Å². The fourth-order valence-electron chi connectivity index (χ4n) is 10.7. The first-order valence-electron chi connectivity index (χ1n) is 33.7. The van der Waals surface area contributed by atoms with E-state index in [0.29, 0.717) is 19.3 Å². The van der Waals surface area contributed by atoms with E-state index in [1.54, 1.807) is 0 Å². The van der Waals surface area contributed by atoms with Gasteiger partial charge in [-0.25, -0.2) is 0 Å². The van der Waals surface area contributed by atoms with Gasteiger partial charge in [-0.1, -0.05) is 238 Å². The lowest BCUT2D eigenvalue weighted by Gasteiger charge is -2.44. The van der Waals surface area contributed by atoms with E-state index in [9.17, 15) is 43.5 Å². The van der Waals surface area contributed by atoms with Crippen molar-refractivity contribution in [3.05, 3.63) is 0 Å². The van der Waals surface area contributed by atoms with Gasteiger partial charge in [0.05, 0.1) is 19.6 Å². The highest BCUT2D eigenvalue weighted by Gasteiger charge is 2.49. The fraction of sp³-hybridized carbons (Fsp3) is 0.879. The second-order valence-corrected chi connectivity index (χ2v) is 25.1. The molecular formula is C66H120N4O14S. The van der Waals surface area contributed by atoms with Crippen LogP contribution in [0.15, 0.2) is 0 Å². The number of rotatable bonds is 55. The number of primary amides is 1. The number of hydrogen-bond acceptors (Lipinski definition) is 15. The topological polar surface area (TPSA) is 265 Å². The summed E-state index contributed by atoms with van der Waals surface area (Å²) < 4.78 is 29.0. The number of aliphatic hydroxyl groups excluding tert-OH is 1. The summed E-state index contributed by atoms with van der Waals surface area (Å²) in [6.45, 7) is 10.2. The molecule has 0 saturated carbocycles. The minimum absolute atomic E-state index is 0.137. The number of esters is 3. The minimum Gasteiger partial charge on any atom is -0.469 e. The molecule has 1 aliphatic rings. The van der Waals surface area contributed by atoms with Gasteiger partial charge in [-0.15, -0.1) is 0 Å². The van der Waals surface area contributed by atoms with Crippen LogP contribution in [0.25, 0.3) is 0 Å². The SMILES string of the molecule is CCCCCCCCCCCCCCCCCC(=O)OC[C@H]1O[C@@H](SC(=O)C[C@H](CCCCCCCCCCC)OC(=O)CCCCCCCCCCCCC)[C@H](NC(C)=O)[C@@H](O[C@H](C)C(=O)N[C@@H](C)C(=O)N[C@H](CCC(=O)OC)C(N)=O)[C@@H]1O. The van der Waals surface area contributed by atoms with Crippen LogP contribution in [0.2, 0.25) is 0 Å². The molecule has 0 radical (unpaired) electrons. The predicted octanol–water partition coefficient (Wildman–Crippen LogP) is 12.8. The summed E-state index contributed by atoms with van der Waals surface area (Å²) in [5, 5.41) is 19.3. The maximum absolute atomic E-state index is 14.3. The van der Waals surface area contributed by atoms with Crippen molar-refractivity contribution in [2.75, 3.05) is 13.7 Å². The molecule has 494 valence electrons. The number of nitrogens with two attached hydrogens (primary N) is 1. The number of amides is 4. The summed E-state index contributed by atoms with van der Waals surface area (Å²) in [6.07, 6.45) is 34.2. The van der Waals surface area contributed by atoms with Gasteiger partial charge in [0, 0.05) is 26.2 Å². The molecule has 6 N–H and O–H groups in total. The summed E-state index contributed by atoms with van der Waals surface area (Å²) in [5.41, 5.74) is 4.24. The van der Waals surface area contributed by atoms with Gasteiger partial charge in [-0.05, 0) is 46.0 Å². The number of methoxy groups -OCH3 is 1. The lowest BCUT2D eigenvalue weighted by Crippen LogP contribution is -2.65. The van der Waals surface area contributed by atoms with Crippen molar-refractivity contribution in [2.24, 2.45) is 5.73 Å². The highest BCUT2D eigenvalue weighted by Crippen LogP contribution is 2.33. The Bertz CT molecular complexity index is 1810. The highest BCUT2D eigenvalue weighted by molar-refractivity contribution is 8.14. The monoisotopic (exact) mass is 1220 g/mol. The van der Waals surface area contributed by atoms with Crippen molar-refractivity contribution in [3.8, 4) is 0 Å². The van der Waals surface area contributed by atoms with Crippen LogP contribution in [-0.2, 0) is 62.0 Å². The molecule has 4 amide bonds. The molecule has 9 atom stereocenters. The molecule has 0 aromatic carbocycles. The van der Waals surface area contributed by atoms with Crippen LogP contribution in [-0.4, -0.2) is 120 Å². The van der Waals surface area contributed by atoms with E-state index in [4.69, 9.17) is 24.7 Å². The van der Waals surface area contributed by atoms with Gasteiger partial charge in [0.1, 0.15) is 54.6 Å². The van der Waals surface area contributed by atoms with Gasteiger partial charge < -0.3 is 50.5 Å². The smallest absolute Gasteiger partial charge is 0.306 e. The van der Waals surface area contributed by atoms with E-state index >= 15 is 0 Å². The third kappa shape index (κ3) is 41.1. The molecule has 0 aromatic rings. The molecule has 1 aliphatic heterocycles. The zero-order valence-corrected chi connectivity index (χ0v) is 55.0. The van der Waals surface area contributed by atoms with E-state index in [1.165, 1.54) is 176 Å². The predicted molar refractivity (Wildman–Crippen MR) is 337 cm³/mol. The molecule has 19 heteroatoms. The second kappa shape index (κ2) is 52.2. The molecule has 0 aromatic heterocycles. The summed E-state index contributed by atoms with van der Waals surface area (Å²) in [7, 11) is 1.19. The standard InChI is InChI=1S/C66H120N4O14S/c1-8-11-14-17-20-23-25-26-27-28-30-32-35-38-41-44-57(73)81-49-55-61(76)62(82-51(5)65(79)68-50(4)64(78)70-54(63(67)77)46-47-56(72)80-7)60(69-52(6)71)66(84-55)85-59(75)48-53(43-40-37-34-31-22-19-16-13-10-3)83-58(74)45-42-39-36-33-29-24-21-18-15-12-9-2/h50-51,53-55,60-62,66,76H,8-49H2,1-7H3,(H2,67,77)(H,68,79)(H,69,71)(H,70,78)/t50-,51+,53-,54+,55+,60+,61+,62+,66-/m0/s1. The van der Waals surface area contributed by atoms with E-state index < -0.39 is 101 Å². The van der Waals surface area contributed by atoms with Gasteiger partial charge >= 0.3 is 17.9 Å². The lowest BCUT2D eigenvalue weighted by molar-refractivity contribution is -0.204. The summed E-state index contributed by atoms with van der Waals surface area (Å²) in [6, 6.07) is -3.71. The van der Waals surface area contributed by atoms with Gasteiger partial charge in [0.2, 0.25) is 23.6 Å². The van der Waals surface area contributed by atoms with Crippen LogP contribution in [0.3, 0.4) is 0 Å². The molecule has 18 nitrogen and oxygen atoms in total. The zero-order chi connectivity index (χ0) is 62.9. The number of nitrogens with one attached hydrogen (secondary N) is 3. The Hall–Kier alpha value is -3.81. The summed E-state index contributed by atoms with van der Waals surface area (Å²) >= 11 is 0.741.